The largest absolute Gasteiger partial charge is 0.315 e. The SMILES string of the molecule is CCCCNCCN1CCN(C)C(CC)C1. The van der Waals surface area contributed by atoms with Gasteiger partial charge in [-0.1, -0.05) is 20.3 Å². The molecule has 0 aliphatic carbocycles. The molecule has 1 rings (SSSR count). The van der Waals surface area contributed by atoms with Gasteiger partial charge in [-0.05, 0) is 26.4 Å². The lowest BCUT2D eigenvalue weighted by molar-refractivity contribution is 0.0939. The van der Waals surface area contributed by atoms with Gasteiger partial charge in [0.1, 0.15) is 0 Å². The van der Waals surface area contributed by atoms with Crippen molar-refractivity contribution >= 4 is 0 Å². The van der Waals surface area contributed by atoms with Crippen LogP contribution in [0.2, 0.25) is 0 Å². The van der Waals surface area contributed by atoms with E-state index in [-0.39, 0.29) is 0 Å². The third-order valence-corrected chi connectivity index (χ3v) is 3.64. The lowest BCUT2D eigenvalue weighted by atomic mass is 10.1. The zero-order valence-electron chi connectivity index (χ0n) is 11.3. The fourth-order valence-corrected chi connectivity index (χ4v) is 2.32. The number of hydrogen-bond donors (Lipinski definition) is 1. The van der Waals surface area contributed by atoms with Crippen LogP contribution in [-0.4, -0.2) is 62.2 Å². The Morgan fingerprint density at radius 1 is 1.19 bits per heavy atom. The second kappa shape index (κ2) is 8.04. The van der Waals surface area contributed by atoms with Crippen molar-refractivity contribution in [3.8, 4) is 0 Å². The molecule has 1 atom stereocenters. The molecule has 3 nitrogen and oxygen atoms in total. The van der Waals surface area contributed by atoms with Crippen LogP contribution in [0.25, 0.3) is 0 Å². The number of unbranched alkanes of at least 4 members (excludes halogenated alkanes) is 1. The number of rotatable bonds is 7. The number of likely N-dealkylation sites (N-methyl/N-ethyl adjacent to an activating group) is 1. The highest BCUT2D eigenvalue weighted by Crippen LogP contribution is 2.09. The summed E-state index contributed by atoms with van der Waals surface area (Å²) in [5.74, 6) is 0. The van der Waals surface area contributed by atoms with Gasteiger partial charge in [-0.2, -0.15) is 0 Å². The molecule has 3 heteroatoms. The molecule has 1 unspecified atom stereocenters. The molecule has 1 aliphatic heterocycles. The third kappa shape index (κ3) is 4.81. The van der Waals surface area contributed by atoms with Crippen molar-refractivity contribution in [2.75, 3.05) is 46.3 Å². The van der Waals surface area contributed by atoms with Gasteiger partial charge in [0.05, 0.1) is 0 Å². The minimum Gasteiger partial charge on any atom is -0.315 e. The van der Waals surface area contributed by atoms with Crippen LogP contribution in [-0.2, 0) is 0 Å². The van der Waals surface area contributed by atoms with Crippen molar-refractivity contribution in [1.82, 2.24) is 15.1 Å². The standard InChI is InChI=1S/C13H29N3/c1-4-6-7-14-8-9-16-11-10-15(3)13(5-2)12-16/h13-14H,4-12H2,1-3H3. The van der Waals surface area contributed by atoms with E-state index in [0.29, 0.717) is 0 Å². The molecule has 96 valence electrons. The lowest BCUT2D eigenvalue weighted by Crippen LogP contribution is -2.52. The van der Waals surface area contributed by atoms with E-state index in [1.165, 1.54) is 52.0 Å². The van der Waals surface area contributed by atoms with E-state index in [9.17, 15) is 0 Å². The lowest BCUT2D eigenvalue weighted by Gasteiger charge is -2.39. The van der Waals surface area contributed by atoms with Crippen LogP contribution in [0.5, 0.6) is 0 Å². The van der Waals surface area contributed by atoms with Crippen LogP contribution >= 0.6 is 0 Å². The maximum absolute atomic E-state index is 3.52. The molecular formula is C13H29N3. The molecule has 16 heavy (non-hydrogen) atoms. The fourth-order valence-electron chi connectivity index (χ4n) is 2.32. The molecule has 1 N–H and O–H groups in total. The van der Waals surface area contributed by atoms with Crippen LogP contribution in [0.15, 0.2) is 0 Å². The van der Waals surface area contributed by atoms with E-state index in [1.807, 2.05) is 0 Å². The quantitative estimate of drug-likeness (QED) is 0.663. The summed E-state index contributed by atoms with van der Waals surface area (Å²) in [6.07, 6.45) is 3.87. The summed E-state index contributed by atoms with van der Waals surface area (Å²) >= 11 is 0. The average molecular weight is 227 g/mol. The van der Waals surface area contributed by atoms with Gasteiger partial charge in [-0.3, -0.25) is 4.90 Å². The number of piperazine rings is 1. The molecule has 0 aromatic heterocycles. The summed E-state index contributed by atoms with van der Waals surface area (Å²) in [6.45, 7) is 11.8. The molecule has 1 heterocycles. The van der Waals surface area contributed by atoms with Gasteiger partial charge in [0.15, 0.2) is 0 Å². The highest BCUT2D eigenvalue weighted by molar-refractivity contribution is 4.79. The van der Waals surface area contributed by atoms with Crippen molar-refractivity contribution in [3.05, 3.63) is 0 Å². The smallest absolute Gasteiger partial charge is 0.0218 e. The summed E-state index contributed by atoms with van der Waals surface area (Å²) in [5, 5.41) is 3.52. The number of nitrogens with one attached hydrogen (secondary N) is 1. The zero-order chi connectivity index (χ0) is 11.8. The predicted octanol–water partition coefficient (Wildman–Crippen LogP) is 1.40. The first-order valence-electron chi connectivity index (χ1n) is 6.91. The van der Waals surface area contributed by atoms with Gasteiger partial charge in [0, 0.05) is 38.8 Å². The van der Waals surface area contributed by atoms with E-state index in [4.69, 9.17) is 0 Å². The normalized spacial score (nSPS) is 23.8. The Morgan fingerprint density at radius 3 is 2.69 bits per heavy atom. The molecule has 0 radical (unpaired) electrons. The fraction of sp³-hybridized carbons (Fsp3) is 1.00. The second-order valence-electron chi connectivity index (χ2n) is 4.95. The Balaban J connectivity index is 2.08. The van der Waals surface area contributed by atoms with Crippen LogP contribution in [0, 0.1) is 0 Å². The molecule has 0 aromatic rings. The maximum atomic E-state index is 3.52. The Labute approximate surface area is 101 Å². The van der Waals surface area contributed by atoms with Crippen LogP contribution in [0.1, 0.15) is 33.1 Å². The van der Waals surface area contributed by atoms with Crippen molar-refractivity contribution in [2.24, 2.45) is 0 Å². The summed E-state index contributed by atoms with van der Waals surface area (Å²) in [7, 11) is 2.25. The van der Waals surface area contributed by atoms with Gasteiger partial charge in [0.2, 0.25) is 0 Å². The highest BCUT2D eigenvalue weighted by atomic mass is 15.3. The minimum absolute atomic E-state index is 0.768. The van der Waals surface area contributed by atoms with Crippen LogP contribution in [0.4, 0.5) is 0 Å². The molecule has 0 amide bonds. The van der Waals surface area contributed by atoms with Gasteiger partial charge in [-0.15, -0.1) is 0 Å². The predicted molar refractivity (Wildman–Crippen MR) is 70.9 cm³/mol. The zero-order valence-corrected chi connectivity index (χ0v) is 11.3. The van der Waals surface area contributed by atoms with Crippen LogP contribution < -0.4 is 5.32 Å². The molecule has 1 aliphatic rings. The van der Waals surface area contributed by atoms with Gasteiger partial charge < -0.3 is 10.2 Å². The summed E-state index contributed by atoms with van der Waals surface area (Å²) < 4.78 is 0. The topological polar surface area (TPSA) is 18.5 Å². The highest BCUT2D eigenvalue weighted by Gasteiger charge is 2.21. The Kier molecular flexibility index (Phi) is 7.01. The first-order chi connectivity index (χ1) is 7.77. The molecule has 0 bridgehead atoms. The van der Waals surface area contributed by atoms with Crippen molar-refractivity contribution < 1.29 is 0 Å². The molecule has 1 fully saturated rings. The summed E-state index contributed by atoms with van der Waals surface area (Å²) in [5.41, 5.74) is 0. The van der Waals surface area contributed by atoms with E-state index in [2.05, 4.69) is 36.0 Å². The van der Waals surface area contributed by atoms with Crippen molar-refractivity contribution in [2.45, 2.75) is 39.2 Å². The Hall–Kier alpha value is -0.120. The number of hydrogen-bond acceptors (Lipinski definition) is 3. The van der Waals surface area contributed by atoms with E-state index in [1.54, 1.807) is 0 Å². The van der Waals surface area contributed by atoms with Gasteiger partial charge in [0.25, 0.3) is 0 Å². The first kappa shape index (κ1) is 13.9. The summed E-state index contributed by atoms with van der Waals surface area (Å²) in [6, 6.07) is 0.768. The molecule has 0 spiro atoms. The average Bonchev–Trinajstić information content (AvgIpc) is 2.31. The Bertz CT molecular complexity index is 173. The van der Waals surface area contributed by atoms with Crippen LogP contribution in [0.3, 0.4) is 0 Å². The number of nitrogens with zero attached hydrogens (tertiary/aromatic N) is 2. The third-order valence-electron chi connectivity index (χ3n) is 3.64. The Morgan fingerprint density at radius 2 is 2.00 bits per heavy atom. The second-order valence-corrected chi connectivity index (χ2v) is 4.95. The van der Waals surface area contributed by atoms with E-state index in [0.717, 1.165) is 12.6 Å². The van der Waals surface area contributed by atoms with Gasteiger partial charge in [-0.25, -0.2) is 0 Å². The van der Waals surface area contributed by atoms with Crippen molar-refractivity contribution in [1.29, 1.82) is 0 Å². The van der Waals surface area contributed by atoms with Crippen molar-refractivity contribution in [3.63, 3.8) is 0 Å². The van der Waals surface area contributed by atoms with Gasteiger partial charge >= 0.3 is 0 Å². The molecule has 0 aromatic carbocycles. The van der Waals surface area contributed by atoms with E-state index < -0.39 is 0 Å². The minimum atomic E-state index is 0.768. The molecule has 1 saturated heterocycles. The first-order valence-corrected chi connectivity index (χ1v) is 6.91. The molecule has 0 saturated carbocycles. The monoisotopic (exact) mass is 227 g/mol. The summed E-state index contributed by atoms with van der Waals surface area (Å²) in [4.78, 5) is 5.11. The van der Waals surface area contributed by atoms with E-state index >= 15 is 0 Å². The molecular weight excluding hydrogens is 198 g/mol. The maximum Gasteiger partial charge on any atom is 0.0218 e.